The number of nitrogens with one attached hydrogen (secondary N) is 1. The molecule has 0 bridgehead atoms. The number of benzene rings is 2. The summed E-state index contributed by atoms with van der Waals surface area (Å²) in [6.45, 7) is 4.29. The van der Waals surface area contributed by atoms with Crippen molar-refractivity contribution in [3.63, 3.8) is 0 Å². The molecule has 1 N–H and O–H groups in total. The molecule has 3 aromatic rings. The standard InChI is InChI=1S/C21H23N3O5S2/c1-5-29-17-10-6-15(7-11-17)21-22-14(2)19(30-21)20(25)23-16-8-12-18(13-9-16)31(26,27)24(3)28-4/h6-13H,5H2,1-4H3,(H,23,25). The zero-order valence-electron chi connectivity index (χ0n) is 17.6. The summed E-state index contributed by atoms with van der Waals surface area (Å²) >= 11 is 1.29. The van der Waals surface area contributed by atoms with Crippen molar-refractivity contribution >= 4 is 33.0 Å². The number of rotatable bonds is 8. The molecular formula is C21H23N3O5S2. The van der Waals surface area contributed by atoms with Crippen LogP contribution in [0.25, 0.3) is 10.6 Å². The average Bonchev–Trinajstić information content (AvgIpc) is 3.16. The van der Waals surface area contributed by atoms with Crippen molar-refractivity contribution in [1.29, 1.82) is 0 Å². The SMILES string of the molecule is CCOc1ccc(-c2nc(C)c(C(=O)Nc3ccc(S(=O)(=O)N(C)OC)cc3)s2)cc1. The van der Waals surface area contributed by atoms with E-state index in [1.807, 2.05) is 31.2 Å². The van der Waals surface area contributed by atoms with Gasteiger partial charge in [-0.2, -0.15) is 0 Å². The molecule has 0 aliphatic heterocycles. The Hall–Kier alpha value is -2.79. The average molecular weight is 462 g/mol. The van der Waals surface area contributed by atoms with Crippen molar-refractivity contribution in [1.82, 2.24) is 9.45 Å². The first kappa shape index (κ1) is 22.9. The first-order valence-electron chi connectivity index (χ1n) is 9.41. The third-order valence-corrected chi connectivity index (χ3v) is 7.32. The highest BCUT2D eigenvalue weighted by Crippen LogP contribution is 2.30. The Morgan fingerprint density at radius 3 is 2.35 bits per heavy atom. The first-order chi connectivity index (χ1) is 14.8. The van der Waals surface area contributed by atoms with Gasteiger partial charge >= 0.3 is 0 Å². The van der Waals surface area contributed by atoms with Gasteiger partial charge in [-0.25, -0.2) is 13.4 Å². The van der Waals surface area contributed by atoms with Crippen LogP contribution in [0, 0.1) is 6.92 Å². The summed E-state index contributed by atoms with van der Waals surface area (Å²) in [5.41, 5.74) is 1.99. The van der Waals surface area contributed by atoms with Gasteiger partial charge < -0.3 is 10.1 Å². The van der Waals surface area contributed by atoms with E-state index < -0.39 is 10.0 Å². The molecule has 0 saturated heterocycles. The number of anilines is 1. The molecule has 0 unspecified atom stereocenters. The van der Waals surface area contributed by atoms with E-state index in [1.54, 1.807) is 6.92 Å². The number of amides is 1. The highest BCUT2D eigenvalue weighted by atomic mass is 32.2. The van der Waals surface area contributed by atoms with E-state index in [-0.39, 0.29) is 10.8 Å². The molecule has 0 fully saturated rings. The maximum absolute atomic E-state index is 12.7. The molecule has 0 spiro atoms. The van der Waals surface area contributed by atoms with Crippen molar-refractivity contribution in [2.75, 3.05) is 26.1 Å². The largest absolute Gasteiger partial charge is 0.494 e. The second-order valence-electron chi connectivity index (χ2n) is 6.47. The lowest BCUT2D eigenvalue weighted by Crippen LogP contribution is -2.25. The number of hydroxylamine groups is 1. The molecule has 10 heteroatoms. The molecule has 0 aliphatic carbocycles. The lowest BCUT2D eigenvalue weighted by atomic mass is 10.2. The molecule has 1 amide bonds. The van der Waals surface area contributed by atoms with Crippen LogP contribution in [0.1, 0.15) is 22.3 Å². The topological polar surface area (TPSA) is 97.8 Å². The van der Waals surface area contributed by atoms with Crippen LogP contribution in [0.15, 0.2) is 53.4 Å². The van der Waals surface area contributed by atoms with E-state index >= 15 is 0 Å². The van der Waals surface area contributed by atoms with Crippen molar-refractivity contribution in [3.8, 4) is 16.3 Å². The van der Waals surface area contributed by atoms with Gasteiger partial charge in [-0.3, -0.25) is 9.63 Å². The maximum atomic E-state index is 12.7. The van der Waals surface area contributed by atoms with E-state index in [9.17, 15) is 13.2 Å². The summed E-state index contributed by atoms with van der Waals surface area (Å²) in [4.78, 5) is 22.6. The zero-order valence-corrected chi connectivity index (χ0v) is 19.2. The van der Waals surface area contributed by atoms with Crippen LogP contribution in [0.2, 0.25) is 0 Å². The van der Waals surface area contributed by atoms with Crippen LogP contribution in [0.4, 0.5) is 5.69 Å². The summed E-state index contributed by atoms with van der Waals surface area (Å²) in [6.07, 6.45) is 0. The molecule has 3 rings (SSSR count). The normalized spacial score (nSPS) is 11.5. The quantitative estimate of drug-likeness (QED) is 0.510. The molecule has 2 aromatic carbocycles. The Labute approximate surface area is 185 Å². The van der Waals surface area contributed by atoms with E-state index in [2.05, 4.69) is 10.3 Å². The number of hydrogen-bond acceptors (Lipinski definition) is 7. The predicted octanol–water partition coefficient (Wildman–Crippen LogP) is 3.95. The van der Waals surface area contributed by atoms with Crippen LogP contribution in [0.5, 0.6) is 5.75 Å². The number of thiazole rings is 1. The van der Waals surface area contributed by atoms with Gasteiger partial charge in [0.2, 0.25) is 0 Å². The monoisotopic (exact) mass is 461 g/mol. The van der Waals surface area contributed by atoms with Crippen molar-refractivity contribution < 1.29 is 22.8 Å². The number of ether oxygens (including phenoxy) is 1. The molecule has 0 saturated carbocycles. The molecule has 0 radical (unpaired) electrons. The van der Waals surface area contributed by atoms with Crippen molar-refractivity contribution in [3.05, 3.63) is 59.1 Å². The van der Waals surface area contributed by atoms with Crippen LogP contribution < -0.4 is 10.1 Å². The molecule has 1 heterocycles. The Kier molecular flexibility index (Phi) is 7.06. The number of aryl methyl sites for hydroxylation is 1. The van der Waals surface area contributed by atoms with E-state index in [1.165, 1.54) is 49.8 Å². The Morgan fingerprint density at radius 1 is 1.13 bits per heavy atom. The summed E-state index contributed by atoms with van der Waals surface area (Å²) in [7, 11) is -1.17. The number of aromatic nitrogens is 1. The van der Waals surface area contributed by atoms with E-state index in [4.69, 9.17) is 9.57 Å². The number of carbonyl (C=O) groups excluding carboxylic acids is 1. The lowest BCUT2D eigenvalue weighted by Gasteiger charge is -2.14. The summed E-state index contributed by atoms with van der Waals surface area (Å²) < 4.78 is 30.7. The van der Waals surface area contributed by atoms with Gasteiger partial charge in [-0.15, -0.1) is 11.3 Å². The predicted molar refractivity (Wildman–Crippen MR) is 120 cm³/mol. The second kappa shape index (κ2) is 9.56. The number of nitrogens with zero attached hydrogens (tertiary/aromatic N) is 2. The summed E-state index contributed by atoms with van der Waals surface area (Å²) in [5.74, 6) is 0.469. The highest BCUT2D eigenvalue weighted by Gasteiger charge is 2.21. The number of hydrogen-bond donors (Lipinski definition) is 1. The van der Waals surface area contributed by atoms with E-state index in [0.29, 0.717) is 22.9 Å². The van der Waals surface area contributed by atoms with Gasteiger partial charge in [0, 0.05) is 18.3 Å². The van der Waals surface area contributed by atoms with Crippen LogP contribution in [0.3, 0.4) is 0 Å². The van der Waals surface area contributed by atoms with Gasteiger partial charge in [-0.1, -0.05) is 4.47 Å². The fourth-order valence-corrected chi connectivity index (χ4v) is 4.68. The highest BCUT2D eigenvalue weighted by molar-refractivity contribution is 7.89. The van der Waals surface area contributed by atoms with Gasteiger partial charge in [0.05, 0.1) is 24.3 Å². The van der Waals surface area contributed by atoms with Crippen molar-refractivity contribution in [2.45, 2.75) is 18.7 Å². The number of sulfonamides is 1. The van der Waals surface area contributed by atoms with Gasteiger partial charge in [0.15, 0.2) is 0 Å². The summed E-state index contributed by atoms with van der Waals surface area (Å²) in [6, 6.07) is 13.4. The van der Waals surface area contributed by atoms with Crippen LogP contribution >= 0.6 is 11.3 Å². The van der Waals surface area contributed by atoms with Crippen molar-refractivity contribution in [2.24, 2.45) is 0 Å². The summed E-state index contributed by atoms with van der Waals surface area (Å²) in [5, 5.41) is 3.51. The molecule has 0 aliphatic rings. The minimum atomic E-state index is -3.75. The lowest BCUT2D eigenvalue weighted by molar-refractivity contribution is -0.0258. The molecule has 8 nitrogen and oxygen atoms in total. The fourth-order valence-electron chi connectivity index (χ4n) is 2.74. The smallest absolute Gasteiger partial charge is 0.267 e. The maximum Gasteiger partial charge on any atom is 0.267 e. The third-order valence-electron chi connectivity index (χ3n) is 4.42. The Morgan fingerprint density at radius 2 is 1.77 bits per heavy atom. The molecule has 0 atom stereocenters. The minimum absolute atomic E-state index is 0.0570. The van der Waals surface area contributed by atoms with Crippen LogP contribution in [-0.4, -0.2) is 44.5 Å². The Bertz CT molecular complexity index is 1160. The first-order valence-corrected chi connectivity index (χ1v) is 11.7. The molecular weight excluding hydrogens is 438 g/mol. The Balaban J connectivity index is 1.75. The number of carbonyl (C=O) groups is 1. The molecule has 1 aromatic heterocycles. The van der Waals surface area contributed by atoms with E-state index in [0.717, 1.165) is 20.8 Å². The molecule has 164 valence electrons. The van der Waals surface area contributed by atoms with Gasteiger partial charge in [0.25, 0.3) is 15.9 Å². The zero-order chi connectivity index (χ0) is 22.6. The van der Waals surface area contributed by atoms with Crippen LogP contribution in [-0.2, 0) is 14.9 Å². The van der Waals surface area contributed by atoms with Gasteiger partial charge in [-0.05, 0) is 62.4 Å². The van der Waals surface area contributed by atoms with Gasteiger partial charge in [0.1, 0.15) is 15.6 Å². The third kappa shape index (κ3) is 5.10. The second-order valence-corrected chi connectivity index (χ2v) is 9.40. The molecule has 31 heavy (non-hydrogen) atoms. The fraction of sp³-hybridized carbons (Fsp3) is 0.238. The minimum Gasteiger partial charge on any atom is -0.494 e.